The van der Waals surface area contributed by atoms with Crippen molar-refractivity contribution in [3.8, 4) is 0 Å². The van der Waals surface area contributed by atoms with Gasteiger partial charge >= 0.3 is 0 Å². The summed E-state index contributed by atoms with van der Waals surface area (Å²) >= 11 is 0. The summed E-state index contributed by atoms with van der Waals surface area (Å²) in [5.74, 6) is -0.0853. The molecule has 3 rings (SSSR count). The summed E-state index contributed by atoms with van der Waals surface area (Å²) in [6.45, 7) is 1.22. The summed E-state index contributed by atoms with van der Waals surface area (Å²) in [4.78, 5) is 24.0. The highest BCUT2D eigenvalue weighted by Crippen LogP contribution is 2.22. The van der Waals surface area contributed by atoms with Gasteiger partial charge in [0.05, 0.1) is 22.6 Å². The Balaban J connectivity index is 1.60. The zero-order chi connectivity index (χ0) is 19.4. The highest BCUT2D eigenvalue weighted by molar-refractivity contribution is 7.89. The first-order chi connectivity index (χ1) is 12.9. The maximum atomic E-state index is 12.7. The van der Waals surface area contributed by atoms with Crippen molar-refractivity contribution in [2.75, 3.05) is 26.2 Å². The highest BCUT2D eigenvalue weighted by Gasteiger charge is 2.30. The monoisotopic (exact) mass is 394 g/mol. The third-order valence-corrected chi connectivity index (χ3v) is 6.18. The van der Waals surface area contributed by atoms with Crippen LogP contribution in [-0.4, -0.2) is 69.6 Å². The van der Waals surface area contributed by atoms with E-state index in [4.69, 9.17) is 0 Å². The minimum absolute atomic E-state index is 0.0853. The van der Waals surface area contributed by atoms with Crippen molar-refractivity contribution >= 4 is 21.6 Å². The van der Waals surface area contributed by atoms with Gasteiger partial charge in [0.2, 0.25) is 15.9 Å². The van der Waals surface area contributed by atoms with Gasteiger partial charge in [-0.2, -0.15) is 4.31 Å². The Bertz CT molecular complexity index is 922. The van der Waals surface area contributed by atoms with Crippen molar-refractivity contribution in [1.82, 2.24) is 24.2 Å². The number of nitrogens with zero attached hydrogens (tertiary/aromatic N) is 6. The second-order valence-corrected chi connectivity index (χ2v) is 7.89. The van der Waals surface area contributed by atoms with Crippen molar-refractivity contribution in [3.05, 3.63) is 46.8 Å². The predicted molar refractivity (Wildman–Crippen MR) is 93.1 cm³/mol. The maximum Gasteiger partial charge on any atom is 0.270 e. The smallest absolute Gasteiger partial charge is 0.270 e. The lowest BCUT2D eigenvalue weighted by atomic mass is 10.3. The average molecular weight is 394 g/mol. The highest BCUT2D eigenvalue weighted by atomic mass is 32.2. The first kappa shape index (κ1) is 18.9. The van der Waals surface area contributed by atoms with Crippen molar-refractivity contribution in [2.45, 2.75) is 17.9 Å². The molecule has 0 saturated carbocycles. The molecule has 1 aromatic heterocycles. The van der Waals surface area contributed by atoms with Crippen LogP contribution in [0.1, 0.15) is 6.42 Å². The van der Waals surface area contributed by atoms with Gasteiger partial charge < -0.3 is 4.90 Å². The summed E-state index contributed by atoms with van der Waals surface area (Å²) in [5, 5.41) is 18.3. The Morgan fingerprint density at radius 1 is 1.22 bits per heavy atom. The molecule has 0 radical (unpaired) electrons. The van der Waals surface area contributed by atoms with E-state index >= 15 is 0 Å². The topological polar surface area (TPSA) is 132 Å². The molecule has 0 aliphatic carbocycles. The fraction of sp³-hybridized carbons (Fsp3) is 0.400. The SMILES string of the molecule is O=C(CCn1ccnn1)N1CCN(S(=O)(=O)c2cccc([N+](=O)[O-])c2)CC1. The number of carbonyl (C=O) groups excluding carboxylic acids is 1. The molecule has 0 unspecified atom stereocenters. The summed E-state index contributed by atoms with van der Waals surface area (Å²) in [7, 11) is -3.85. The zero-order valence-corrected chi connectivity index (χ0v) is 15.2. The van der Waals surface area contributed by atoms with E-state index in [-0.39, 0.29) is 49.1 Å². The second kappa shape index (κ2) is 7.80. The van der Waals surface area contributed by atoms with E-state index in [1.165, 1.54) is 28.7 Å². The van der Waals surface area contributed by atoms with E-state index in [0.717, 1.165) is 6.07 Å². The van der Waals surface area contributed by atoms with Gasteiger partial charge in [-0.3, -0.25) is 19.6 Å². The molecule has 1 fully saturated rings. The molecule has 0 spiro atoms. The molecule has 0 bridgehead atoms. The summed E-state index contributed by atoms with van der Waals surface area (Å²) < 4.78 is 28.2. The van der Waals surface area contributed by atoms with Gasteiger partial charge in [-0.15, -0.1) is 5.10 Å². The molecule has 12 heteroatoms. The van der Waals surface area contributed by atoms with Gasteiger partial charge in [0.15, 0.2) is 0 Å². The lowest BCUT2D eigenvalue weighted by molar-refractivity contribution is -0.385. The van der Waals surface area contributed by atoms with Crippen LogP contribution in [0.5, 0.6) is 0 Å². The van der Waals surface area contributed by atoms with Crippen LogP contribution >= 0.6 is 0 Å². The van der Waals surface area contributed by atoms with Crippen molar-refractivity contribution in [3.63, 3.8) is 0 Å². The zero-order valence-electron chi connectivity index (χ0n) is 14.3. The number of aryl methyl sites for hydroxylation is 1. The minimum Gasteiger partial charge on any atom is -0.340 e. The number of nitro benzene ring substituents is 1. The number of aromatic nitrogens is 3. The number of hydrogen-bond acceptors (Lipinski definition) is 7. The lowest BCUT2D eigenvalue weighted by Gasteiger charge is -2.34. The molecular formula is C15H18N6O5S. The number of hydrogen-bond donors (Lipinski definition) is 0. The van der Waals surface area contributed by atoms with Gasteiger partial charge in [0, 0.05) is 50.9 Å². The fourth-order valence-corrected chi connectivity index (χ4v) is 4.27. The van der Waals surface area contributed by atoms with E-state index in [1.54, 1.807) is 15.8 Å². The van der Waals surface area contributed by atoms with E-state index in [9.17, 15) is 23.3 Å². The Morgan fingerprint density at radius 2 is 1.96 bits per heavy atom. The van der Waals surface area contributed by atoms with Crippen LogP contribution in [0.2, 0.25) is 0 Å². The Labute approximate surface area is 155 Å². The molecular weight excluding hydrogens is 376 g/mol. The molecule has 1 aliphatic rings. The second-order valence-electron chi connectivity index (χ2n) is 5.96. The Hall–Kier alpha value is -2.86. The lowest BCUT2D eigenvalue weighted by Crippen LogP contribution is -2.50. The molecule has 0 atom stereocenters. The maximum absolute atomic E-state index is 12.7. The summed E-state index contributed by atoms with van der Waals surface area (Å²) in [6.07, 6.45) is 3.44. The third-order valence-electron chi connectivity index (χ3n) is 4.28. The van der Waals surface area contributed by atoms with E-state index in [0.29, 0.717) is 6.54 Å². The summed E-state index contributed by atoms with van der Waals surface area (Å²) in [5.41, 5.74) is -0.280. The average Bonchev–Trinajstić information content (AvgIpc) is 3.20. The first-order valence-corrected chi connectivity index (χ1v) is 9.68. The molecule has 1 amide bonds. The largest absolute Gasteiger partial charge is 0.340 e. The molecule has 1 aliphatic heterocycles. The van der Waals surface area contributed by atoms with Crippen LogP contribution in [0.25, 0.3) is 0 Å². The molecule has 1 aromatic carbocycles. The number of amides is 1. The van der Waals surface area contributed by atoms with E-state index < -0.39 is 14.9 Å². The van der Waals surface area contributed by atoms with Crippen molar-refractivity contribution in [1.29, 1.82) is 0 Å². The van der Waals surface area contributed by atoms with Gasteiger partial charge in [-0.25, -0.2) is 8.42 Å². The summed E-state index contributed by atoms with van der Waals surface area (Å²) in [6, 6.07) is 4.96. The third kappa shape index (κ3) is 4.28. The Kier molecular flexibility index (Phi) is 5.46. The molecule has 0 N–H and O–H groups in total. The molecule has 27 heavy (non-hydrogen) atoms. The number of non-ortho nitro benzene ring substituents is 1. The van der Waals surface area contributed by atoms with Gasteiger partial charge in [0.1, 0.15) is 0 Å². The van der Waals surface area contributed by atoms with E-state index in [2.05, 4.69) is 10.3 Å². The molecule has 144 valence electrons. The minimum atomic E-state index is -3.85. The van der Waals surface area contributed by atoms with Crippen LogP contribution < -0.4 is 0 Å². The van der Waals surface area contributed by atoms with Crippen LogP contribution in [0.15, 0.2) is 41.6 Å². The van der Waals surface area contributed by atoms with Gasteiger partial charge in [-0.1, -0.05) is 11.3 Å². The fourth-order valence-electron chi connectivity index (χ4n) is 2.80. The number of rotatable bonds is 6. The first-order valence-electron chi connectivity index (χ1n) is 8.24. The number of nitro groups is 1. The molecule has 2 heterocycles. The Morgan fingerprint density at radius 3 is 2.59 bits per heavy atom. The van der Waals surface area contributed by atoms with Crippen LogP contribution in [0.4, 0.5) is 5.69 Å². The van der Waals surface area contributed by atoms with Crippen LogP contribution in [0.3, 0.4) is 0 Å². The predicted octanol–water partition coefficient (Wildman–Crippen LogP) is 0.110. The number of benzene rings is 1. The standard InChI is InChI=1S/C15H18N6O5S/c22-15(4-6-19-7-5-16-17-19)18-8-10-20(11-9-18)27(25,26)14-3-1-2-13(12-14)21(23)24/h1-3,5,7,12H,4,6,8-11H2. The van der Waals surface area contributed by atoms with Crippen LogP contribution in [-0.2, 0) is 21.4 Å². The van der Waals surface area contributed by atoms with Crippen LogP contribution in [0, 0.1) is 10.1 Å². The van der Waals surface area contributed by atoms with Gasteiger partial charge in [0.25, 0.3) is 5.69 Å². The molecule has 1 saturated heterocycles. The number of carbonyl (C=O) groups is 1. The number of piperazine rings is 1. The molecule has 11 nitrogen and oxygen atoms in total. The normalized spacial score (nSPS) is 15.6. The molecule has 2 aromatic rings. The van der Waals surface area contributed by atoms with Crippen molar-refractivity contribution < 1.29 is 18.1 Å². The van der Waals surface area contributed by atoms with Gasteiger partial charge in [-0.05, 0) is 6.07 Å². The quantitative estimate of drug-likeness (QED) is 0.502. The van der Waals surface area contributed by atoms with E-state index in [1.807, 2.05) is 0 Å². The number of sulfonamides is 1. The van der Waals surface area contributed by atoms with Crippen molar-refractivity contribution in [2.24, 2.45) is 0 Å².